The van der Waals surface area contributed by atoms with Crippen LogP contribution < -0.4 is 5.32 Å². The maximum Gasteiger partial charge on any atom is 0.0349 e. The quantitative estimate of drug-likeness (QED) is 0.815. The zero-order chi connectivity index (χ0) is 9.14. The van der Waals surface area contributed by atoms with Crippen LogP contribution in [0.1, 0.15) is 25.3 Å². The molecule has 12 heavy (non-hydrogen) atoms. The summed E-state index contributed by atoms with van der Waals surface area (Å²) in [6, 6.07) is 6.36. The first-order chi connectivity index (χ1) is 5.65. The highest BCUT2D eigenvalue weighted by Gasteiger charge is 2.03. The number of anilines is 1. The maximum atomic E-state index is 3.55. The first-order valence-electron chi connectivity index (χ1n) is 4.12. The molecule has 0 spiro atoms. The van der Waals surface area contributed by atoms with Gasteiger partial charge in [-0.25, -0.2) is 0 Å². The van der Waals surface area contributed by atoms with Crippen LogP contribution in [0.3, 0.4) is 0 Å². The van der Waals surface area contributed by atoms with Crippen LogP contribution in [0.4, 0.5) is 5.69 Å². The molecule has 0 atom stereocenters. The highest BCUT2D eigenvalue weighted by molar-refractivity contribution is 9.10. The molecule has 0 saturated heterocycles. The Kier molecular flexibility index (Phi) is 3.15. The number of nitrogens with one attached hydrogen (secondary N) is 1. The average Bonchev–Trinajstić information content (AvgIpc) is 2.03. The topological polar surface area (TPSA) is 12.0 Å². The Hall–Kier alpha value is -0.500. The van der Waals surface area contributed by atoms with E-state index in [1.54, 1.807) is 0 Å². The standard InChI is InChI=1S/C10H14BrN/c1-7(2)9-5-4-8(12-3)6-10(9)11/h4-7,12H,1-3H3. The molecular weight excluding hydrogens is 214 g/mol. The zero-order valence-electron chi connectivity index (χ0n) is 7.69. The molecule has 1 aromatic carbocycles. The van der Waals surface area contributed by atoms with Gasteiger partial charge in [-0.15, -0.1) is 0 Å². The Morgan fingerprint density at radius 2 is 2.00 bits per heavy atom. The van der Waals surface area contributed by atoms with Crippen molar-refractivity contribution in [3.63, 3.8) is 0 Å². The molecule has 0 radical (unpaired) electrons. The molecule has 0 aliphatic rings. The fourth-order valence-corrected chi connectivity index (χ4v) is 1.99. The van der Waals surface area contributed by atoms with Crippen LogP contribution in [0, 0.1) is 0 Å². The number of benzene rings is 1. The Balaban J connectivity index is 3.03. The molecule has 1 aromatic rings. The predicted molar refractivity (Wildman–Crippen MR) is 57.8 cm³/mol. The monoisotopic (exact) mass is 227 g/mol. The highest BCUT2D eigenvalue weighted by atomic mass is 79.9. The van der Waals surface area contributed by atoms with E-state index in [2.05, 4.69) is 53.3 Å². The Morgan fingerprint density at radius 1 is 1.33 bits per heavy atom. The number of halogens is 1. The highest BCUT2D eigenvalue weighted by Crippen LogP contribution is 2.27. The summed E-state index contributed by atoms with van der Waals surface area (Å²) in [6.45, 7) is 4.39. The van der Waals surface area contributed by atoms with Crippen LogP contribution in [-0.4, -0.2) is 7.05 Å². The van der Waals surface area contributed by atoms with E-state index in [-0.39, 0.29) is 0 Å². The second-order valence-electron chi connectivity index (χ2n) is 3.14. The van der Waals surface area contributed by atoms with Gasteiger partial charge >= 0.3 is 0 Å². The van der Waals surface area contributed by atoms with Gasteiger partial charge in [-0.2, -0.15) is 0 Å². The molecule has 0 heterocycles. The van der Waals surface area contributed by atoms with E-state index in [0.29, 0.717) is 5.92 Å². The van der Waals surface area contributed by atoms with Crippen molar-refractivity contribution in [3.05, 3.63) is 28.2 Å². The van der Waals surface area contributed by atoms with E-state index >= 15 is 0 Å². The van der Waals surface area contributed by atoms with E-state index < -0.39 is 0 Å². The van der Waals surface area contributed by atoms with Gasteiger partial charge in [0.15, 0.2) is 0 Å². The molecule has 1 N–H and O–H groups in total. The molecule has 0 saturated carbocycles. The van der Waals surface area contributed by atoms with Gasteiger partial charge in [0.2, 0.25) is 0 Å². The predicted octanol–water partition coefficient (Wildman–Crippen LogP) is 3.61. The molecule has 66 valence electrons. The Bertz CT molecular complexity index is 269. The Morgan fingerprint density at radius 3 is 2.42 bits per heavy atom. The van der Waals surface area contributed by atoms with E-state index in [1.807, 2.05) is 7.05 Å². The molecule has 0 amide bonds. The summed E-state index contributed by atoms with van der Waals surface area (Å²) in [6.07, 6.45) is 0. The molecule has 0 aromatic heterocycles. The van der Waals surface area contributed by atoms with Gasteiger partial charge in [0, 0.05) is 17.2 Å². The minimum atomic E-state index is 0.574. The summed E-state index contributed by atoms with van der Waals surface area (Å²) in [7, 11) is 1.93. The molecule has 0 bridgehead atoms. The van der Waals surface area contributed by atoms with Crippen molar-refractivity contribution in [1.29, 1.82) is 0 Å². The molecule has 0 aliphatic heterocycles. The third kappa shape index (κ3) is 2.01. The van der Waals surface area contributed by atoms with Crippen LogP contribution >= 0.6 is 15.9 Å². The third-order valence-corrected chi connectivity index (χ3v) is 2.60. The molecule has 1 nitrogen and oxygen atoms in total. The minimum Gasteiger partial charge on any atom is -0.388 e. The summed E-state index contributed by atoms with van der Waals surface area (Å²) >= 11 is 3.55. The third-order valence-electron chi connectivity index (χ3n) is 1.91. The molecular formula is C10H14BrN. The summed E-state index contributed by atoms with van der Waals surface area (Å²) < 4.78 is 1.18. The van der Waals surface area contributed by atoms with E-state index in [1.165, 1.54) is 10.0 Å². The lowest BCUT2D eigenvalue weighted by molar-refractivity contribution is 0.861. The van der Waals surface area contributed by atoms with Gasteiger partial charge in [-0.3, -0.25) is 0 Å². The lowest BCUT2D eigenvalue weighted by Crippen LogP contribution is -1.92. The van der Waals surface area contributed by atoms with Crippen molar-refractivity contribution in [1.82, 2.24) is 0 Å². The van der Waals surface area contributed by atoms with Gasteiger partial charge in [-0.05, 0) is 23.6 Å². The molecule has 2 heteroatoms. The normalized spacial score (nSPS) is 10.4. The van der Waals surface area contributed by atoms with Crippen molar-refractivity contribution in [2.75, 3.05) is 12.4 Å². The van der Waals surface area contributed by atoms with Gasteiger partial charge in [-0.1, -0.05) is 35.8 Å². The summed E-state index contributed by atoms with van der Waals surface area (Å²) in [5.74, 6) is 0.574. The molecule has 0 fully saturated rings. The van der Waals surface area contributed by atoms with Crippen molar-refractivity contribution < 1.29 is 0 Å². The molecule has 1 rings (SSSR count). The lowest BCUT2D eigenvalue weighted by atomic mass is 10.0. The second-order valence-corrected chi connectivity index (χ2v) is 4.00. The van der Waals surface area contributed by atoms with Crippen LogP contribution in [0.5, 0.6) is 0 Å². The van der Waals surface area contributed by atoms with E-state index in [4.69, 9.17) is 0 Å². The van der Waals surface area contributed by atoms with Gasteiger partial charge in [0.1, 0.15) is 0 Å². The second kappa shape index (κ2) is 3.94. The van der Waals surface area contributed by atoms with E-state index in [9.17, 15) is 0 Å². The van der Waals surface area contributed by atoms with Gasteiger partial charge in [0.05, 0.1) is 0 Å². The van der Waals surface area contributed by atoms with Crippen molar-refractivity contribution >= 4 is 21.6 Å². The van der Waals surface area contributed by atoms with E-state index in [0.717, 1.165) is 5.69 Å². The maximum absolute atomic E-state index is 3.55. The summed E-state index contributed by atoms with van der Waals surface area (Å²) in [5.41, 5.74) is 2.50. The first kappa shape index (κ1) is 9.59. The minimum absolute atomic E-state index is 0.574. The fraction of sp³-hybridized carbons (Fsp3) is 0.400. The number of hydrogen-bond donors (Lipinski definition) is 1. The largest absolute Gasteiger partial charge is 0.388 e. The van der Waals surface area contributed by atoms with Crippen molar-refractivity contribution in [2.24, 2.45) is 0 Å². The average molecular weight is 228 g/mol. The van der Waals surface area contributed by atoms with Crippen molar-refractivity contribution in [3.8, 4) is 0 Å². The summed E-state index contributed by atoms with van der Waals surface area (Å²) in [5, 5.41) is 3.10. The first-order valence-corrected chi connectivity index (χ1v) is 4.91. The van der Waals surface area contributed by atoms with Crippen molar-refractivity contribution in [2.45, 2.75) is 19.8 Å². The van der Waals surface area contributed by atoms with Gasteiger partial charge < -0.3 is 5.32 Å². The smallest absolute Gasteiger partial charge is 0.0349 e. The molecule has 0 unspecified atom stereocenters. The van der Waals surface area contributed by atoms with Crippen LogP contribution in [-0.2, 0) is 0 Å². The van der Waals surface area contributed by atoms with Crippen LogP contribution in [0.15, 0.2) is 22.7 Å². The lowest BCUT2D eigenvalue weighted by Gasteiger charge is -2.09. The summed E-state index contributed by atoms with van der Waals surface area (Å²) in [4.78, 5) is 0. The van der Waals surface area contributed by atoms with Crippen LogP contribution in [0.2, 0.25) is 0 Å². The molecule has 0 aliphatic carbocycles. The zero-order valence-corrected chi connectivity index (χ0v) is 9.27. The number of rotatable bonds is 2. The fourth-order valence-electron chi connectivity index (χ4n) is 1.15. The SMILES string of the molecule is CNc1ccc(C(C)C)c(Br)c1. The van der Waals surface area contributed by atoms with Crippen LogP contribution in [0.25, 0.3) is 0 Å². The Labute approximate surface area is 82.3 Å². The van der Waals surface area contributed by atoms with Gasteiger partial charge in [0.25, 0.3) is 0 Å². The number of hydrogen-bond acceptors (Lipinski definition) is 1.